The van der Waals surface area contributed by atoms with Gasteiger partial charge in [-0.15, -0.1) is 11.3 Å². The van der Waals surface area contributed by atoms with Gasteiger partial charge in [-0.25, -0.2) is 4.79 Å². The number of nitrogens with one attached hydrogen (secondary N) is 1. The Morgan fingerprint density at radius 3 is 2.32 bits per heavy atom. The molecule has 2 heterocycles. The van der Waals surface area contributed by atoms with Crippen molar-refractivity contribution < 1.29 is 0 Å². The summed E-state index contributed by atoms with van der Waals surface area (Å²) in [6.45, 7) is 4.08. The molecule has 0 aliphatic carbocycles. The summed E-state index contributed by atoms with van der Waals surface area (Å²) in [4.78, 5) is 29.1. The molecule has 0 amide bonds. The van der Waals surface area contributed by atoms with Crippen LogP contribution in [0.1, 0.15) is 22.9 Å². The molecule has 1 N–H and O–H groups in total. The molecule has 5 heteroatoms. The van der Waals surface area contributed by atoms with Crippen molar-refractivity contribution in [3.05, 3.63) is 91.4 Å². The first kappa shape index (κ1) is 18.2. The molecule has 0 spiro atoms. The highest BCUT2D eigenvalue weighted by atomic mass is 32.1. The fraction of sp³-hybridized carbons (Fsp3) is 0.130. The van der Waals surface area contributed by atoms with Crippen LogP contribution in [0.4, 0.5) is 0 Å². The second kappa shape index (κ2) is 7.44. The van der Waals surface area contributed by atoms with Gasteiger partial charge in [-0.1, -0.05) is 60.7 Å². The quantitative estimate of drug-likeness (QED) is 0.540. The van der Waals surface area contributed by atoms with E-state index in [4.69, 9.17) is 0 Å². The van der Waals surface area contributed by atoms with Crippen LogP contribution in [-0.2, 0) is 6.54 Å². The minimum absolute atomic E-state index is 0.220. The van der Waals surface area contributed by atoms with Crippen molar-refractivity contribution in [1.29, 1.82) is 0 Å². The number of aryl methyl sites for hydroxylation is 1. The summed E-state index contributed by atoms with van der Waals surface area (Å²) in [6, 6.07) is 18.6. The van der Waals surface area contributed by atoms with Crippen molar-refractivity contribution >= 4 is 33.7 Å². The monoisotopic (exact) mass is 388 g/mol. The van der Waals surface area contributed by atoms with Crippen molar-refractivity contribution in [1.82, 2.24) is 9.55 Å². The molecule has 0 atom stereocenters. The van der Waals surface area contributed by atoms with Crippen LogP contribution in [-0.4, -0.2) is 9.55 Å². The van der Waals surface area contributed by atoms with Crippen LogP contribution in [0.25, 0.3) is 33.5 Å². The lowest BCUT2D eigenvalue weighted by atomic mass is 10.0. The SMILES string of the molecule is CCn1c(=O)[nH]c2sc(C=Cc3ccc(-c4ccccc4)cc3)c(C)c2c1=O. The van der Waals surface area contributed by atoms with E-state index in [0.717, 1.165) is 16.0 Å². The van der Waals surface area contributed by atoms with Crippen LogP contribution in [0.3, 0.4) is 0 Å². The zero-order valence-electron chi connectivity index (χ0n) is 15.7. The molecule has 0 aliphatic rings. The number of hydrogen-bond acceptors (Lipinski definition) is 3. The van der Waals surface area contributed by atoms with E-state index in [-0.39, 0.29) is 11.2 Å². The number of aromatic nitrogens is 2. The van der Waals surface area contributed by atoms with Crippen LogP contribution in [0.15, 0.2) is 64.2 Å². The van der Waals surface area contributed by atoms with E-state index < -0.39 is 0 Å². The van der Waals surface area contributed by atoms with Gasteiger partial charge in [0.1, 0.15) is 4.83 Å². The molecule has 0 bridgehead atoms. The van der Waals surface area contributed by atoms with Crippen molar-refractivity contribution in [3.8, 4) is 11.1 Å². The Labute approximate surface area is 166 Å². The van der Waals surface area contributed by atoms with Gasteiger partial charge in [-0.05, 0) is 42.2 Å². The molecular formula is C23H20N2O2S. The molecule has 0 saturated heterocycles. The lowest BCUT2D eigenvalue weighted by molar-refractivity contribution is 0.685. The summed E-state index contributed by atoms with van der Waals surface area (Å²) in [5.41, 5.74) is 3.77. The Morgan fingerprint density at radius 1 is 0.964 bits per heavy atom. The van der Waals surface area contributed by atoms with E-state index in [1.807, 2.05) is 37.3 Å². The average Bonchev–Trinajstić information content (AvgIpc) is 3.03. The third kappa shape index (κ3) is 3.25. The van der Waals surface area contributed by atoms with E-state index in [2.05, 4.69) is 41.4 Å². The number of fused-ring (bicyclic) bond motifs is 1. The number of thiophene rings is 1. The predicted molar refractivity (Wildman–Crippen MR) is 118 cm³/mol. The molecule has 0 saturated carbocycles. The smallest absolute Gasteiger partial charge is 0.298 e. The van der Waals surface area contributed by atoms with Gasteiger partial charge in [0, 0.05) is 11.4 Å². The highest BCUT2D eigenvalue weighted by Crippen LogP contribution is 2.28. The van der Waals surface area contributed by atoms with E-state index in [1.165, 1.54) is 27.0 Å². The van der Waals surface area contributed by atoms with Crippen LogP contribution in [0.5, 0.6) is 0 Å². The number of H-pyrrole nitrogens is 1. The van der Waals surface area contributed by atoms with Gasteiger partial charge in [-0.2, -0.15) is 0 Å². The first-order chi connectivity index (χ1) is 13.6. The number of nitrogens with zero attached hydrogens (tertiary/aromatic N) is 1. The summed E-state index contributed by atoms with van der Waals surface area (Å²) in [5.74, 6) is 0. The Balaban J connectivity index is 1.67. The van der Waals surface area contributed by atoms with E-state index in [9.17, 15) is 9.59 Å². The summed E-state index contributed by atoms with van der Waals surface area (Å²) in [5, 5.41) is 0.602. The zero-order chi connectivity index (χ0) is 19.7. The van der Waals surface area contributed by atoms with E-state index >= 15 is 0 Å². The second-order valence-electron chi connectivity index (χ2n) is 6.60. The Kier molecular flexibility index (Phi) is 4.84. The van der Waals surface area contributed by atoms with E-state index in [1.54, 1.807) is 6.92 Å². The fourth-order valence-corrected chi connectivity index (χ4v) is 4.40. The molecule has 2 aromatic carbocycles. The third-order valence-electron chi connectivity index (χ3n) is 4.87. The van der Waals surface area contributed by atoms with Crippen LogP contribution < -0.4 is 11.2 Å². The summed E-state index contributed by atoms with van der Waals surface area (Å²) in [6.07, 6.45) is 4.04. The molecular weight excluding hydrogens is 368 g/mol. The van der Waals surface area contributed by atoms with Crippen LogP contribution in [0.2, 0.25) is 0 Å². The van der Waals surface area contributed by atoms with Gasteiger partial charge in [-0.3, -0.25) is 14.3 Å². The van der Waals surface area contributed by atoms with Crippen molar-refractivity contribution in [3.63, 3.8) is 0 Å². The van der Waals surface area contributed by atoms with Gasteiger partial charge in [0.25, 0.3) is 5.56 Å². The molecule has 4 nitrogen and oxygen atoms in total. The first-order valence-electron chi connectivity index (χ1n) is 9.18. The Morgan fingerprint density at radius 2 is 1.64 bits per heavy atom. The molecule has 4 rings (SSSR count). The molecule has 2 aromatic heterocycles. The van der Waals surface area contributed by atoms with Crippen molar-refractivity contribution in [2.45, 2.75) is 20.4 Å². The Hall–Kier alpha value is -3.18. The summed E-state index contributed by atoms with van der Waals surface area (Å²) >= 11 is 1.43. The number of benzene rings is 2. The van der Waals surface area contributed by atoms with Crippen molar-refractivity contribution in [2.24, 2.45) is 0 Å². The fourth-order valence-electron chi connectivity index (χ4n) is 3.30. The Bertz CT molecular complexity index is 1280. The largest absolute Gasteiger partial charge is 0.329 e. The predicted octanol–water partition coefficient (Wildman–Crippen LogP) is 4.92. The normalized spacial score (nSPS) is 11.5. The minimum Gasteiger partial charge on any atom is -0.298 e. The van der Waals surface area contributed by atoms with Gasteiger partial charge in [0.2, 0.25) is 0 Å². The average molecular weight is 388 g/mol. The highest BCUT2D eigenvalue weighted by Gasteiger charge is 2.14. The summed E-state index contributed by atoms with van der Waals surface area (Å²) < 4.78 is 1.23. The first-order valence-corrected chi connectivity index (χ1v) is 10.00. The number of rotatable bonds is 4. The molecule has 0 radical (unpaired) electrons. The van der Waals surface area contributed by atoms with Gasteiger partial charge >= 0.3 is 5.69 Å². The van der Waals surface area contributed by atoms with Crippen molar-refractivity contribution in [2.75, 3.05) is 0 Å². The lowest BCUT2D eigenvalue weighted by Crippen LogP contribution is -2.34. The lowest BCUT2D eigenvalue weighted by Gasteiger charge is -2.01. The molecule has 0 aliphatic heterocycles. The molecule has 4 aromatic rings. The molecule has 0 fully saturated rings. The maximum atomic E-state index is 12.6. The number of hydrogen-bond donors (Lipinski definition) is 1. The maximum Gasteiger partial charge on any atom is 0.329 e. The second-order valence-corrected chi connectivity index (χ2v) is 7.65. The van der Waals surface area contributed by atoms with E-state index in [0.29, 0.717) is 16.8 Å². The third-order valence-corrected chi connectivity index (χ3v) is 6.04. The minimum atomic E-state index is -0.353. The topological polar surface area (TPSA) is 54.9 Å². The van der Waals surface area contributed by atoms with Gasteiger partial charge < -0.3 is 0 Å². The maximum absolute atomic E-state index is 12.6. The number of aromatic amines is 1. The molecule has 0 unspecified atom stereocenters. The zero-order valence-corrected chi connectivity index (χ0v) is 16.5. The van der Waals surface area contributed by atoms with Gasteiger partial charge in [0.15, 0.2) is 0 Å². The van der Waals surface area contributed by atoms with Crippen LogP contribution in [0, 0.1) is 6.92 Å². The molecule has 28 heavy (non-hydrogen) atoms. The van der Waals surface area contributed by atoms with Crippen LogP contribution >= 0.6 is 11.3 Å². The standard InChI is InChI=1S/C23H20N2O2S/c1-3-25-22(26)20-15(2)19(28-21(20)24-23(25)27)14-11-16-9-12-18(13-10-16)17-7-5-4-6-8-17/h4-14H,3H2,1-2H3,(H,24,27). The van der Waals surface area contributed by atoms with Gasteiger partial charge in [0.05, 0.1) is 5.39 Å². The molecule has 140 valence electrons. The highest BCUT2D eigenvalue weighted by molar-refractivity contribution is 7.19. The summed E-state index contributed by atoms with van der Waals surface area (Å²) in [7, 11) is 0.